The molecule has 0 aliphatic carbocycles. The molecule has 0 atom stereocenters. The molecule has 0 saturated carbocycles. The lowest BCUT2D eigenvalue weighted by Gasteiger charge is -2.31. The maximum atomic E-state index is 12.9. The van der Waals surface area contributed by atoms with Crippen molar-refractivity contribution >= 4 is 16.8 Å². The maximum absolute atomic E-state index is 12.9. The van der Waals surface area contributed by atoms with Gasteiger partial charge >= 0.3 is 0 Å². The monoisotopic (exact) mass is 487 g/mol. The van der Waals surface area contributed by atoms with Crippen molar-refractivity contribution in [3.05, 3.63) is 83.7 Å². The molecule has 1 fully saturated rings. The number of nitrogens with zero attached hydrogens (tertiary/aromatic N) is 4. The van der Waals surface area contributed by atoms with Gasteiger partial charge in [0.2, 0.25) is 5.89 Å². The number of carbonyl (C=O) groups is 1. The van der Waals surface area contributed by atoms with Gasteiger partial charge in [-0.25, -0.2) is 4.98 Å². The highest BCUT2D eigenvalue weighted by molar-refractivity contribution is 5.92. The minimum atomic E-state index is -0.0590. The summed E-state index contributed by atoms with van der Waals surface area (Å²) in [5, 5.41) is 1.25. The molecule has 0 spiro atoms. The van der Waals surface area contributed by atoms with Gasteiger partial charge in [0.15, 0.2) is 5.69 Å². The van der Waals surface area contributed by atoms with E-state index in [2.05, 4.69) is 63.3 Å². The van der Waals surface area contributed by atoms with E-state index in [1.54, 1.807) is 7.11 Å². The minimum absolute atomic E-state index is 0.0590. The smallest absolute Gasteiger partial charge is 0.275 e. The van der Waals surface area contributed by atoms with Crippen LogP contribution in [0.4, 0.5) is 0 Å². The summed E-state index contributed by atoms with van der Waals surface area (Å²) in [5.41, 5.74) is 3.95. The molecule has 4 aromatic rings. The number of benzene rings is 2. The number of ether oxygens (including phenoxy) is 1. The summed E-state index contributed by atoms with van der Waals surface area (Å²) < 4.78 is 11.2. The number of likely N-dealkylation sites (N-methyl/N-ethyl adjacent to an activating group) is 1. The fraction of sp³-hybridized carbons (Fsp3) is 0.357. The number of methoxy groups -OCH3 is 1. The summed E-state index contributed by atoms with van der Waals surface area (Å²) >= 11 is 0. The Labute approximate surface area is 211 Å². The van der Waals surface area contributed by atoms with Gasteiger partial charge in [-0.05, 0) is 42.8 Å². The van der Waals surface area contributed by atoms with Gasteiger partial charge in [0, 0.05) is 56.4 Å². The van der Waals surface area contributed by atoms with Crippen LogP contribution in [0.25, 0.3) is 10.9 Å². The van der Waals surface area contributed by atoms with Gasteiger partial charge in [-0.2, -0.15) is 0 Å². The lowest BCUT2D eigenvalue weighted by molar-refractivity contribution is 0.0658. The molecular formula is C28H33N5O3. The van der Waals surface area contributed by atoms with Crippen molar-refractivity contribution in [1.82, 2.24) is 24.7 Å². The third-order valence-electron chi connectivity index (χ3n) is 6.83. The number of hydrogen-bond acceptors (Lipinski definition) is 6. The molecule has 1 saturated heterocycles. The number of H-pyrrole nitrogens is 1. The van der Waals surface area contributed by atoms with E-state index in [9.17, 15) is 4.79 Å². The molecule has 1 aliphatic rings. The van der Waals surface area contributed by atoms with Crippen LogP contribution in [-0.4, -0.2) is 77.5 Å². The Kier molecular flexibility index (Phi) is 7.34. The summed E-state index contributed by atoms with van der Waals surface area (Å²) in [4.78, 5) is 27.2. The van der Waals surface area contributed by atoms with E-state index in [4.69, 9.17) is 9.15 Å². The molecule has 0 unspecified atom stereocenters. The first-order valence-electron chi connectivity index (χ1n) is 12.4. The molecule has 8 nitrogen and oxygen atoms in total. The van der Waals surface area contributed by atoms with E-state index >= 15 is 0 Å². The lowest BCUT2D eigenvalue weighted by Crippen LogP contribution is -2.47. The van der Waals surface area contributed by atoms with Crippen LogP contribution in [0, 0.1) is 0 Å². The molecule has 0 bridgehead atoms. The predicted octanol–water partition coefficient (Wildman–Crippen LogP) is 3.80. The average Bonchev–Trinajstić information content (AvgIpc) is 3.54. The summed E-state index contributed by atoms with van der Waals surface area (Å²) in [6, 6.07) is 16.5. The number of rotatable bonds is 9. The molecular weight excluding hydrogens is 454 g/mol. The largest absolute Gasteiger partial charge is 0.497 e. The topological polar surface area (TPSA) is 77.8 Å². The molecule has 1 amide bonds. The molecule has 2 aromatic heterocycles. The number of carbonyl (C=O) groups excluding carboxylic acids is 1. The summed E-state index contributed by atoms with van der Waals surface area (Å²) in [5.74, 6) is 1.32. The van der Waals surface area contributed by atoms with Crippen LogP contribution in [0.3, 0.4) is 0 Å². The predicted molar refractivity (Wildman–Crippen MR) is 139 cm³/mol. The van der Waals surface area contributed by atoms with E-state index in [0.717, 1.165) is 42.9 Å². The molecule has 2 aromatic carbocycles. The van der Waals surface area contributed by atoms with Crippen LogP contribution in [0.2, 0.25) is 0 Å². The van der Waals surface area contributed by atoms with Gasteiger partial charge in [0.25, 0.3) is 5.91 Å². The second-order valence-corrected chi connectivity index (χ2v) is 9.39. The standard InChI is InChI=1S/C28H33N5O3/c1-31-12-14-33(15-13-31)28(34)26-20-36-27(30-26)19-32(18-21-6-5-7-23(16-21)35-2)11-10-22-17-29-25-9-4-3-8-24(22)25/h3-9,16-17,20,29H,10-15,18-19H2,1-2H3. The second-order valence-electron chi connectivity index (χ2n) is 9.39. The van der Waals surface area contributed by atoms with E-state index in [1.807, 2.05) is 23.1 Å². The fourth-order valence-corrected chi connectivity index (χ4v) is 4.70. The van der Waals surface area contributed by atoms with Crippen LogP contribution in [0.1, 0.15) is 27.5 Å². The zero-order chi connectivity index (χ0) is 24.9. The molecule has 0 radical (unpaired) electrons. The maximum Gasteiger partial charge on any atom is 0.275 e. The number of aromatic amines is 1. The van der Waals surface area contributed by atoms with Crippen molar-refractivity contribution in [3.8, 4) is 5.75 Å². The first-order valence-corrected chi connectivity index (χ1v) is 12.4. The van der Waals surface area contributed by atoms with Crippen molar-refractivity contribution in [2.75, 3.05) is 46.9 Å². The van der Waals surface area contributed by atoms with Crippen molar-refractivity contribution in [2.24, 2.45) is 0 Å². The lowest BCUT2D eigenvalue weighted by atomic mass is 10.1. The summed E-state index contributed by atoms with van der Waals surface area (Å²) in [7, 11) is 3.75. The Morgan fingerprint density at radius 1 is 1.11 bits per heavy atom. The van der Waals surface area contributed by atoms with Gasteiger partial charge in [0.05, 0.1) is 13.7 Å². The number of aromatic nitrogens is 2. The molecule has 36 heavy (non-hydrogen) atoms. The van der Waals surface area contributed by atoms with E-state index in [1.165, 1.54) is 17.2 Å². The fourth-order valence-electron chi connectivity index (χ4n) is 4.70. The van der Waals surface area contributed by atoms with Crippen LogP contribution >= 0.6 is 0 Å². The van der Waals surface area contributed by atoms with Crippen LogP contribution in [-0.2, 0) is 19.5 Å². The van der Waals surface area contributed by atoms with Gasteiger partial charge in [-0.15, -0.1) is 0 Å². The van der Waals surface area contributed by atoms with E-state index in [-0.39, 0.29) is 5.91 Å². The molecule has 188 valence electrons. The highest BCUT2D eigenvalue weighted by Crippen LogP contribution is 2.21. The summed E-state index contributed by atoms with van der Waals surface area (Å²) in [6.07, 6.45) is 4.47. The Morgan fingerprint density at radius 3 is 2.78 bits per heavy atom. The zero-order valence-electron chi connectivity index (χ0n) is 20.9. The number of oxazole rings is 1. The highest BCUT2D eigenvalue weighted by Gasteiger charge is 2.23. The normalized spacial score (nSPS) is 14.6. The van der Waals surface area contributed by atoms with Gasteiger partial charge < -0.3 is 23.9 Å². The van der Waals surface area contributed by atoms with Crippen molar-refractivity contribution < 1.29 is 13.9 Å². The first-order chi connectivity index (χ1) is 17.6. The third kappa shape index (κ3) is 5.61. The highest BCUT2D eigenvalue weighted by atomic mass is 16.5. The SMILES string of the molecule is COc1cccc(CN(CCc2c[nH]c3ccccc23)Cc2nc(C(=O)N3CCN(C)CC3)co2)c1. The Hall–Kier alpha value is -3.62. The molecule has 3 heterocycles. The van der Waals surface area contributed by atoms with Crippen molar-refractivity contribution in [3.63, 3.8) is 0 Å². The number of nitrogens with one attached hydrogen (secondary N) is 1. The number of piperazine rings is 1. The Bertz CT molecular complexity index is 1310. The first kappa shape index (κ1) is 24.1. The van der Waals surface area contributed by atoms with Crippen LogP contribution < -0.4 is 4.74 Å². The zero-order valence-corrected chi connectivity index (χ0v) is 20.9. The number of hydrogen-bond donors (Lipinski definition) is 1. The molecule has 1 aliphatic heterocycles. The van der Waals surface area contributed by atoms with Crippen molar-refractivity contribution in [2.45, 2.75) is 19.5 Å². The number of amides is 1. The van der Waals surface area contributed by atoms with E-state index in [0.29, 0.717) is 37.8 Å². The molecule has 8 heteroatoms. The summed E-state index contributed by atoms with van der Waals surface area (Å²) in [6.45, 7) is 5.20. The second kappa shape index (κ2) is 11.0. The quantitative estimate of drug-likeness (QED) is 0.387. The molecule has 5 rings (SSSR count). The average molecular weight is 488 g/mol. The van der Waals surface area contributed by atoms with Crippen LogP contribution in [0.5, 0.6) is 5.75 Å². The third-order valence-corrected chi connectivity index (χ3v) is 6.83. The van der Waals surface area contributed by atoms with Gasteiger partial charge in [-0.1, -0.05) is 30.3 Å². The van der Waals surface area contributed by atoms with E-state index < -0.39 is 0 Å². The minimum Gasteiger partial charge on any atom is -0.497 e. The van der Waals surface area contributed by atoms with Crippen molar-refractivity contribution in [1.29, 1.82) is 0 Å². The Balaban J connectivity index is 1.30. The van der Waals surface area contributed by atoms with Crippen LogP contribution in [0.15, 0.2) is 65.4 Å². The van der Waals surface area contributed by atoms with Gasteiger partial charge in [-0.3, -0.25) is 9.69 Å². The number of fused-ring (bicyclic) bond motifs is 1. The number of para-hydroxylation sites is 1. The Morgan fingerprint density at radius 2 is 1.94 bits per heavy atom. The van der Waals surface area contributed by atoms with Gasteiger partial charge in [0.1, 0.15) is 12.0 Å². The molecule has 1 N–H and O–H groups in total.